The maximum atomic E-state index is 13.3. The monoisotopic (exact) mass is 499 g/mol. The summed E-state index contributed by atoms with van der Waals surface area (Å²) in [5, 5.41) is 1.47. The minimum atomic E-state index is -0.316. The summed E-state index contributed by atoms with van der Waals surface area (Å²) < 4.78 is 5.24. The van der Waals surface area contributed by atoms with Crippen LogP contribution in [0.1, 0.15) is 36.2 Å². The minimum absolute atomic E-state index is 0. The van der Waals surface area contributed by atoms with E-state index >= 15 is 0 Å². The number of carbonyl (C=O) groups is 2. The molecule has 180 valence electrons. The Morgan fingerprint density at radius 3 is 2.56 bits per heavy atom. The number of carbonyl (C=O) groups excluding carboxylic acids is 2. The van der Waals surface area contributed by atoms with E-state index in [1.54, 1.807) is 15.9 Å². The van der Waals surface area contributed by atoms with Crippen molar-refractivity contribution in [1.29, 1.82) is 0 Å². The number of piperazine rings is 1. The molecule has 2 aromatic carbocycles. The molecule has 8 heteroatoms. The smallest absolute Gasteiger partial charge is 0.409 e. The van der Waals surface area contributed by atoms with Crippen LogP contribution in [0.15, 0.2) is 48.5 Å². The van der Waals surface area contributed by atoms with E-state index in [1.165, 1.54) is 0 Å². The van der Waals surface area contributed by atoms with Gasteiger partial charge in [0.25, 0.3) is 5.91 Å². The molecule has 0 spiro atoms. The molecule has 6 nitrogen and oxygen atoms in total. The van der Waals surface area contributed by atoms with E-state index in [-0.39, 0.29) is 31.5 Å². The van der Waals surface area contributed by atoms with E-state index in [1.807, 2.05) is 63.2 Å². The van der Waals surface area contributed by atoms with Crippen molar-refractivity contribution in [2.24, 2.45) is 0 Å². The van der Waals surface area contributed by atoms with Crippen LogP contribution in [-0.4, -0.2) is 59.1 Å². The van der Waals surface area contributed by atoms with E-state index in [9.17, 15) is 9.59 Å². The highest BCUT2D eigenvalue weighted by molar-refractivity contribution is 7.59. The molecule has 0 bridgehead atoms. The fourth-order valence-electron chi connectivity index (χ4n) is 4.20. The maximum absolute atomic E-state index is 13.3. The molecule has 1 fully saturated rings. The number of amides is 2. The minimum Gasteiger partial charge on any atom is -0.449 e. The van der Waals surface area contributed by atoms with Crippen LogP contribution in [0.2, 0.25) is 5.02 Å². The molecule has 34 heavy (non-hydrogen) atoms. The molecule has 1 aromatic heterocycles. The summed E-state index contributed by atoms with van der Waals surface area (Å²) >= 11 is 6.68. The van der Waals surface area contributed by atoms with Gasteiger partial charge < -0.3 is 14.5 Å². The Bertz CT molecular complexity index is 1190. The fraction of sp³-hybridized carbons (Fsp3) is 0.346. The third-order valence-electron chi connectivity index (χ3n) is 6.02. The topological polar surface area (TPSA) is 62.7 Å². The first-order chi connectivity index (χ1) is 15.9. The van der Waals surface area contributed by atoms with Crippen LogP contribution >= 0.6 is 25.1 Å². The van der Waals surface area contributed by atoms with Gasteiger partial charge >= 0.3 is 6.09 Å². The largest absolute Gasteiger partial charge is 0.449 e. The number of pyridine rings is 1. The average Bonchev–Trinajstić information content (AvgIpc) is 2.84. The third kappa shape index (κ3) is 5.15. The van der Waals surface area contributed by atoms with Crippen molar-refractivity contribution in [2.75, 3.05) is 26.2 Å². The van der Waals surface area contributed by atoms with Crippen LogP contribution in [0, 0.1) is 6.92 Å². The van der Waals surface area contributed by atoms with Gasteiger partial charge in [0.15, 0.2) is 0 Å². The van der Waals surface area contributed by atoms with E-state index in [2.05, 4.69) is 0 Å². The number of ether oxygens (including phenoxy) is 1. The second kappa shape index (κ2) is 11.1. The van der Waals surface area contributed by atoms with E-state index in [0.717, 1.165) is 28.6 Å². The lowest BCUT2D eigenvalue weighted by Crippen LogP contribution is -2.55. The van der Waals surface area contributed by atoms with Crippen molar-refractivity contribution >= 4 is 48.0 Å². The number of rotatable bonds is 4. The molecular formula is C26H30ClN3O3S. The van der Waals surface area contributed by atoms with Gasteiger partial charge in [-0.3, -0.25) is 4.79 Å². The summed E-state index contributed by atoms with van der Waals surface area (Å²) in [5.74, 6) is -0.0780. The zero-order valence-electron chi connectivity index (χ0n) is 19.7. The Morgan fingerprint density at radius 2 is 1.88 bits per heavy atom. The quantitative estimate of drug-likeness (QED) is 0.464. The molecule has 2 amide bonds. The number of nitrogens with zero attached hydrogens (tertiary/aromatic N) is 3. The highest BCUT2D eigenvalue weighted by atomic mass is 35.5. The Kier molecular flexibility index (Phi) is 8.44. The number of aromatic nitrogens is 1. The summed E-state index contributed by atoms with van der Waals surface area (Å²) in [6.45, 7) is 7.63. The molecule has 4 rings (SSSR count). The Hall–Kier alpha value is -2.77. The van der Waals surface area contributed by atoms with E-state index in [0.29, 0.717) is 42.3 Å². The highest BCUT2D eigenvalue weighted by Gasteiger charge is 2.31. The van der Waals surface area contributed by atoms with Gasteiger partial charge in [-0.1, -0.05) is 54.9 Å². The third-order valence-corrected chi connectivity index (χ3v) is 6.51. The molecule has 1 saturated heterocycles. The predicted molar refractivity (Wildman–Crippen MR) is 141 cm³/mol. The average molecular weight is 500 g/mol. The summed E-state index contributed by atoms with van der Waals surface area (Å²) in [6, 6.07) is 15.2. The van der Waals surface area contributed by atoms with E-state index < -0.39 is 0 Å². The fourth-order valence-corrected chi connectivity index (χ4v) is 4.45. The van der Waals surface area contributed by atoms with E-state index in [4.69, 9.17) is 21.3 Å². The second-order valence-corrected chi connectivity index (χ2v) is 8.78. The molecule has 0 unspecified atom stereocenters. The van der Waals surface area contributed by atoms with Gasteiger partial charge in [0.1, 0.15) is 0 Å². The summed E-state index contributed by atoms with van der Waals surface area (Å²) in [6.07, 6.45) is 0.467. The van der Waals surface area contributed by atoms with Crippen LogP contribution in [0.25, 0.3) is 22.2 Å². The van der Waals surface area contributed by atoms with Crippen LogP contribution in [0.4, 0.5) is 4.79 Å². The van der Waals surface area contributed by atoms with Crippen LogP contribution < -0.4 is 0 Å². The summed E-state index contributed by atoms with van der Waals surface area (Å²) in [5.41, 5.74) is 3.95. The van der Waals surface area contributed by atoms with Crippen LogP contribution in [0.5, 0.6) is 0 Å². The van der Waals surface area contributed by atoms with Crippen molar-refractivity contribution in [3.8, 4) is 11.3 Å². The lowest BCUT2D eigenvalue weighted by Gasteiger charge is -2.39. The molecule has 0 saturated carbocycles. The molecule has 2 heterocycles. The first-order valence-corrected chi connectivity index (χ1v) is 11.7. The molecule has 1 aliphatic rings. The van der Waals surface area contributed by atoms with Gasteiger partial charge in [-0.2, -0.15) is 13.5 Å². The molecule has 3 aromatic rings. The molecule has 0 aliphatic carbocycles. The van der Waals surface area contributed by atoms with Gasteiger partial charge in [0.2, 0.25) is 0 Å². The zero-order chi connectivity index (χ0) is 23.5. The van der Waals surface area contributed by atoms with Gasteiger partial charge in [-0.15, -0.1) is 0 Å². The van der Waals surface area contributed by atoms with Crippen LogP contribution in [0.3, 0.4) is 0 Å². The van der Waals surface area contributed by atoms with Gasteiger partial charge in [0.05, 0.1) is 22.8 Å². The Balaban J connectivity index is 0.00000324. The summed E-state index contributed by atoms with van der Waals surface area (Å²) in [4.78, 5) is 33.8. The van der Waals surface area contributed by atoms with Crippen LogP contribution in [-0.2, 0) is 4.74 Å². The standard InChI is InChI=1S/C26H28ClN3O3.H2S/c1-4-14-33-26(32)29-12-13-30(17(2)16-29)25(31)20-10-11-21-22(15-20)28-24(18(3)23(21)27)19-8-6-5-7-9-19;/h5-11,15,17H,4,12-14,16H2,1-3H3;1H2/t17-;/m0./s1. The number of fused-ring (bicyclic) bond motifs is 1. The lowest BCUT2D eigenvalue weighted by molar-refractivity contribution is 0.0414. The molecular weight excluding hydrogens is 470 g/mol. The first-order valence-electron chi connectivity index (χ1n) is 11.3. The van der Waals surface area contributed by atoms with Crippen molar-refractivity contribution in [3.05, 3.63) is 64.7 Å². The Morgan fingerprint density at radius 1 is 1.15 bits per heavy atom. The molecule has 1 aliphatic heterocycles. The molecule has 1 atom stereocenters. The van der Waals surface area contributed by atoms with Gasteiger partial charge in [0, 0.05) is 42.2 Å². The van der Waals surface area contributed by atoms with Crippen molar-refractivity contribution < 1.29 is 14.3 Å². The maximum Gasteiger partial charge on any atom is 0.409 e. The molecule has 0 radical (unpaired) electrons. The summed E-state index contributed by atoms with van der Waals surface area (Å²) in [7, 11) is 0. The highest BCUT2D eigenvalue weighted by Crippen LogP contribution is 2.33. The SMILES string of the molecule is CCCOC(=O)N1CCN(C(=O)c2ccc3c(Cl)c(C)c(-c4ccccc4)nc3c2)[C@@H](C)C1.S. The number of hydrogen-bond acceptors (Lipinski definition) is 4. The number of benzene rings is 2. The zero-order valence-corrected chi connectivity index (χ0v) is 21.4. The van der Waals surface area contributed by atoms with Crippen molar-refractivity contribution in [3.63, 3.8) is 0 Å². The number of halogens is 1. The van der Waals surface area contributed by atoms with Crippen molar-refractivity contribution in [2.45, 2.75) is 33.2 Å². The second-order valence-electron chi connectivity index (χ2n) is 8.41. The Labute approximate surface area is 212 Å². The van der Waals surface area contributed by atoms with Gasteiger partial charge in [-0.25, -0.2) is 9.78 Å². The number of hydrogen-bond donors (Lipinski definition) is 0. The van der Waals surface area contributed by atoms with Crippen molar-refractivity contribution in [1.82, 2.24) is 14.8 Å². The molecule has 0 N–H and O–H groups in total. The lowest BCUT2D eigenvalue weighted by atomic mass is 10.0. The van der Waals surface area contributed by atoms with Gasteiger partial charge in [-0.05, 0) is 38.0 Å². The predicted octanol–water partition coefficient (Wildman–Crippen LogP) is 5.67. The normalized spacial score (nSPS) is 15.7. The first kappa shape index (κ1) is 25.8.